The molecule has 1 aliphatic heterocycles. The monoisotopic (exact) mass is 363 g/mol. The van der Waals surface area contributed by atoms with Crippen LogP contribution in [0.3, 0.4) is 0 Å². The number of piperidine rings is 1. The highest BCUT2D eigenvalue weighted by Gasteiger charge is 2.21. The summed E-state index contributed by atoms with van der Waals surface area (Å²) in [6, 6.07) is 0. The van der Waals surface area contributed by atoms with Gasteiger partial charge in [0.2, 0.25) is 5.89 Å². The van der Waals surface area contributed by atoms with Crippen LogP contribution in [0, 0.1) is 19.8 Å². The van der Waals surface area contributed by atoms with Crippen molar-refractivity contribution < 1.29 is 4.42 Å². The number of hydrogen-bond donors (Lipinski definition) is 2. The first-order valence-corrected chi connectivity index (χ1v) is 10.2. The van der Waals surface area contributed by atoms with Crippen molar-refractivity contribution in [1.29, 1.82) is 0 Å². The molecule has 0 spiro atoms. The van der Waals surface area contributed by atoms with E-state index in [0.717, 1.165) is 56.0 Å². The number of aryl methyl sites for hydroxylation is 2. The molecule has 6 heteroatoms. The maximum atomic E-state index is 5.71. The van der Waals surface area contributed by atoms with Crippen molar-refractivity contribution in [1.82, 2.24) is 20.5 Å². The van der Waals surface area contributed by atoms with E-state index in [1.54, 1.807) is 0 Å². The minimum Gasteiger partial charge on any atom is -0.444 e. The van der Waals surface area contributed by atoms with Gasteiger partial charge < -0.3 is 15.1 Å². The van der Waals surface area contributed by atoms with Crippen LogP contribution in [0.15, 0.2) is 9.41 Å². The van der Waals surface area contributed by atoms with Gasteiger partial charge in [-0.25, -0.2) is 4.98 Å². The fourth-order valence-corrected chi connectivity index (χ4v) is 3.37. The topological polar surface area (TPSA) is 65.7 Å². The highest BCUT2D eigenvalue weighted by atomic mass is 16.4. The third-order valence-electron chi connectivity index (χ3n) is 5.24. The van der Waals surface area contributed by atoms with Crippen molar-refractivity contribution in [3.8, 4) is 0 Å². The number of aliphatic imine (C=N–C) groups is 1. The molecule has 1 saturated heterocycles. The molecule has 0 saturated carbocycles. The molecule has 0 amide bonds. The molecular weight excluding hydrogens is 326 g/mol. The number of oxazole rings is 1. The predicted octanol–water partition coefficient (Wildman–Crippen LogP) is 3.25. The highest BCUT2D eigenvalue weighted by Crippen LogP contribution is 2.19. The van der Waals surface area contributed by atoms with Crippen molar-refractivity contribution >= 4 is 5.96 Å². The van der Waals surface area contributed by atoms with Gasteiger partial charge in [0, 0.05) is 20.1 Å². The predicted molar refractivity (Wildman–Crippen MR) is 107 cm³/mol. The summed E-state index contributed by atoms with van der Waals surface area (Å²) in [6.07, 6.45) is 7.52. The lowest BCUT2D eigenvalue weighted by Crippen LogP contribution is -2.43. The Morgan fingerprint density at radius 2 is 1.96 bits per heavy atom. The molecule has 0 aliphatic carbocycles. The molecule has 0 atom stereocenters. The summed E-state index contributed by atoms with van der Waals surface area (Å²) >= 11 is 0. The van der Waals surface area contributed by atoms with E-state index in [-0.39, 0.29) is 0 Å². The molecule has 1 aromatic rings. The van der Waals surface area contributed by atoms with E-state index in [1.807, 2.05) is 20.9 Å². The Morgan fingerprint density at radius 3 is 2.58 bits per heavy atom. The molecule has 1 aliphatic rings. The maximum Gasteiger partial charge on any atom is 0.208 e. The van der Waals surface area contributed by atoms with E-state index in [1.165, 1.54) is 38.5 Å². The molecule has 2 rings (SSSR count). The van der Waals surface area contributed by atoms with Crippen LogP contribution in [-0.4, -0.2) is 49.1 Å². The Bertz CT molecular complexity index is 527. The first-order chi connectivity index (χ1) is 12.6. The second-order valence-electron chi connectivity index (χ2n) is 7.41. The Balaban J connectivity index is 1.61. The van der Waals surface area contributed by atoms with Crippen LogP contribution in [0.4, 0.5) is 0 Å². The second-order valence-corrected chi connectivity index (χ2v) is 7.41. The Morgan fingerprint density at radius 1 is 1.19 bits per heavy atom. The van der Waals surface area contributed by atoms with Gasteiger partial charge in [-0.3, -0.25) is 9.89 Å². The number of nitrogens with zero attached hydrogens (tertiary/aromatic N) is 3. The number of likely N-dealkylation sites (tertiary alicyclic amines) is 1. The van der Waals surface area contributed by atoms with Crippen molar-refractivity contribution in [2.24, 2.45) is 10.9 Å². The van der Waals surface area contributed by atoms with Gasteiger partial charge in [0.15, 0.2) is 5.96 Å². The Hall–Kier alpha value is -1.56. The fraction of sp³-hybridized carbons (Fsp3) is 0.800. The summed E-state index contributed by atoms with van der Waals surface area (Å²) in [5, 5.41) is 6.92. The van der Waals surface area contributed by atoms with Crippen molar-refractivity contribution in [3.05, 3.63) is 17.3 Å². The van der Waals surface area contributed by atoms with E-state index in [2.05, 4.69) is 32.4 Å². The zero-order valence-corrected chi connectivity index (χ0v) is 17.1. The van der Waals surface area contributed by atoms with Crippen LogP contribution >= 0.6 is 0 Å². The average molecular weight is 364 g/mol. The van der Waals surface area contributed by atoms with Gasteiger partial charge in [0.1, 0.15) is 5.76 Å². The summed E-state index contributed by atoms with van der Waals surface area (Å²) in [6.45, 7) is 11.3. The zero-order valence-electron chi connectivity index (χ0n) is 17.1. The molecule has 2 heterocycles. The zero-order chi connectivity index (χ0) is 18.8. The lowest BCUT2D eigenvalue weighted by Gasteiger charge is -2.31. The SMILES string of the molecule is CCCCCCNC(=NC)NCC1CCN(Cc2nc(C)c(C)o2)CC1. The third kappa shape index (κ3) is 6.98. The van der Waals surface area contributed by atoms with Crippen LogP contribution < -0.4 is 10.6 Å². The lowest BCUT2D eigenvalue weighted by atomic mass is 9.97. The molecule has 6 nitrogen and oxygen atoms in total. The van der Waals surface area contributed by atoms with E-state index >= 15 is 0 Å². The minimum absolute atomic E-state index is 0.706. The molecule has 0 bridgehead atoms. The maximum absolute atomic E-state index is 5.71. The summed E-state index contributed by atoms with van der Waals surface area (Å²) in [4.78, 5) is 11.3. The second kappa shape index (κ2) is 11.2. The number of rotatable bonds is 9. The van der Waals surface area contributed by atoms with Gasteiger partial charge in [0.05, 0.1) is 12.2 Å². The van der Waals surface area contributed by atoms with Crippen molar-refractivity contribution in [2.45, 2.75) is 65.8 Å². The van der Waals surface area contributed by atoms with Crippen molar-refractivity contribution in [2.75, 3.05) is 33.2 Å². The molecule has 0 unspecified atom stereocenters. The third-order valence-corrected chi connectivity index (χ3v) is 5.24. The Kier molecular flexibility index (Phi) is 8.95. The number of nitrogens with one attached hydrogen (secondary N) is 2. The largest absolute Gasteiger partial charge is 0.444 e. The van der Waals surface area contributed by atoms with Gasteiger partial charge >= 0.3 is 0 Å². The standard InChI is InChI=1S/C20H37N5O/c1-5-6-7-8-11-22-20(21-4)23-14-18-9-12-25(13-10-18)15-19-24-16(2)17(3)26-19/h18H,5-15H2,1-4H3,(H2,21,22,23). The minimum atomic E-state index is 0.706. The molecule has 2 N–H and O–H groups in total. The van der Waals surface area contributed by atoms with Gasteiger partial charge in [-0.2, -0.15) is 0 Å². The van der Waals surface area contributed by atoms with Gasteiger partial charge in [-0.1, -0.05) is 26.2 Å². The van der Waals surface area contributed by atoms with E-state index in [4.69, 9.17) is 4.42 Å². The van der Waals surface area contributed by atoms with Gasteiger partial charge in [-0.15, -0.1) is 0 Å². The quantitative estimate of drug-likeness (QED) is 0.400. The molecule has 26 heavy (non-hydrogen) atoms. The number of aromatic nitrogens is 1. The molecule has 0 aromatic carbocycles. The lowest BCUT2D eigenvalue weighted by molar-refractivity contribution is 0.164. The Labute approximate surface area is 158 Å². The van der Waals surface area contributed by atoms with E-state index in [0.29, 0.717) is 5.92 Å². The number of guanidine groups is 1. The van der Waals surface area contributed by atoms with E-state index in [9.17, 15) is 0 Å². The van der Waals surface area contributed by atoms with Crippen LogP contribution in [0.1, 0.15) is 62.8 Å². The normalized spacial score (nSPS) is 16.8. The van der Waals surface area contributed by atoms with Gasteiger partial charge in [-0.05, 0) is 52.1 Å². The van der Waals surface area contributed by atoms with Crippen LogP contribution in [0.25, 0.3) is 0 Å². The van der Waals surface area contributed by atoms with Gasteiger partial charge in [0.25, 0.3) is 0 Å². The first kappa shape index (κ1) is 20.7. The average Bonchev–Trinajstić information content (AvgIpc) is 2.96. The van der Waals surface area contributed by atoms with E-state index < -0.39 is 0 Å². The van der Waals surface area contributed by atoms with Crippen molar-refractivity contribution in [3.63, 3.8) is 0 Å². The summed E-state index contributed by atoms with van der Waals surface area (Å²) < 4.78 is 5.71. The molecular formula is C20H37N5O. The summed E-state index contributed by atoms with van der Waals surface area (Å²) in [5.41, 5.74) is 1.01. The van der Waals surface area contributed by atoms with Crippen LogP contribution in [0.5, 0.6) is 0 Å². The smallest absolute Gasteiger partial charge is 0.208 e. The molecule has 0 radical (unpaired) electrons. The number of unbranched alkanes of at least 4 members (excludes halogenated alkanes) is 3. The first-order valence-electron chi connectivity index (χ1n) is 10.2. The summed E-state index contributed by atoms with van der Waals surface area (Å²) in [7, 11) is 1.85. The number of hydrogen-bond acceptors (Lipinski definition) is 4. The molecule has 1 aromatic heterocycles. The fourth-order valence-electron chi connectivity index (χ4n) is 3.37. The van der Waals surface area contributed by atoms with Crippen LogP contribution in [0.2, 0.25) is 0 Å². The van der Waals surface area contributed by atoms with Crippen LogP contribution in [-0.2, 0) is 6.54 Å². The molecule has 1 fully saturated rings. The highest BCUT2D eigenvalue weighted by molar-refractivity contribution is 5.79. The summed E-state index contributed by atoms with van der Waals surface area (Å²) in [5.74, 6) is 3.43. The molecule has 148 valence electrons.